The van der Waals surface area contributed by atoms with Crippen LogP contribution < -0.4 is 19.5 Å². The molecular weight excluding hydrogens is 470 g/mol. The molecule has 8 nitrogen and oxygen atoms in total. The second-order valence-electron chi connectivity index (χ2n) is 8.49. The first-order chi connectivity index (χ1) is 18.1. The summed E-state index contributed by atoms with van der Waals surface area (Å²) in [5.74, 6) is 1.89. The lowest BCUT2D eigenvalue weighted by molar-refractivity contribution is 0.0932. The quantitative estimate of drug-likeness (QED) is 0.367. The molecule has 0 saturated carbocycles. The van der Waals surface area contributed by atoms with Gasteiger partial charge in [0.15, 0.2) is 11.6 Å². The van der Waals surface area contributed by atoms with Crippen molar-refractivity contribution in [2.45, 2.75) is 12.5 Å². The molecule has 2 heterocycles. The average Bonchev–Trinajstić information content (AvgIpc) is 3.39. The number of hydrogen-bond donors (Lipinski definition) is 1. The van der Waals surface area contributed by atoms with Crippen LogP contribution in [0.5, 0.6) is 17.2 Å². The highest BCUT2D eigenvalue weighted by molar-refractivity contribution is 6.11. The van der Waals surface area contributed by atoms with Gasteiger partial charge in [-0.05, 0) is 48.0 Å². The SMILES string of the molecule is COc1ccc(OC)c(C(=O)c2ccc(C(=O)NC[C@H]3Cc4cccc(-c5ncccn5)c4O3)cc2)c1. The van der Waals surface area contributed by atoms with Crippen LogP contribution in [0, 0.1) is 0 Å². The van der Waals surface area contributed by atoms with Crippen LogP contribution in [0.25, 0.3) is 11.4 Å². The van der Waals surface area contributed by atoms with Crippen molar-refractivity contribution in [1.29, 1.82) is 0 Å². The third-order valence-electron chi connectivity index (χ3n) is 6.19. The molecule has 4 aromatic rings. The van der Waals surface area contributed by atoms with E-state index in [4.69, 9.17) is 14.2 Å². The normalized spacial score (nSPS) is 13.8. The van der Waals surface area contributed by atoms with Gasteiger partial charge in [0.05, 0.1) is 31.9 Å². The van der Waals surface area contributed by atoms with Gasteiger partial charge < -0.3 is 19.5 Å². The number of nitrogens with zero attached hydrogens (tertiary/aromatic N) is 2. The molecule has 0 fully saturated rings. The fourth-order valence-corrected chi connectivity index (χ4v) is 4.30. The number of carbonyl (C=O) groups excluding carboxylic acids is 2. The Morgan fingerprint density at radius 2 is 1.70 bits per heavy atom. The molecule has 186 valence electrons. The Labute approximate surface area is 214 Å². The third-order valence-corrected chi connectivity index (χ3v) is 6.19. The molecule has 0 spiro atoms. The third kappa shape index (κ3) is 4.99. The number of para-hydroxylation sites is 1. The zero-order chi connectivity index (χ0) is 25.8. The standard InChI is InChI=1S/C29H25N3O5/c1-35-21-11-12-25(36-2)24(16-21)26(33)18-7-9-19(10-8-18)29(34)32-17-22-15-20-5-3-6-23(27(20)37-22)28-30-13-4-14-31-28/h3-14,16,22H,15,17H2,1-2H3,(H,32,34)/t22-/m1/s1. The van der Waals surface area contributed by atoms with E-state index in [0.29, 0.717) is 47.0 Å². The summed E-state index contributed by atoms with van der Waals surface area (Å²) in [7, 11) is 3.05. The Morgan fingerprint density at radius 1 is 0.946 bits per heavy atom. The number of hydrogen-bond acceptors (Lipinski definition) is 7. The summed E-state index contributed by atoms with van der Waals surface area (Å²) in [6.07, 6.45) is 3.86. The molecule has 37 heavy (non-hydrogen) atoms. The average molecular weight is 496 g/mol. The summed E-state index contributed by atoms with van der Waals surface area (Å²) in [5.41, 5.74) is 3.16. The minimum atomic E-state index is -0.246. The highest BCUT2D eigenvalue weighted by Crippen LogP contribution is 2.37. The predicted octanol–water partition coefficient (Wildman–Crippen LogP) is 4.13. The number of benzene rings is 3. The lowest BCUT2D eigenvalue weighted by atomic mass is 10.0. The minimum absolute atomic E-state index is 0.204. The zero-order valence-electron chi connectivity index (χ0n) is 20.4. The number of nitrogens with one attached hydrogen (secondary N) is 1. The van der Waals surface area contributed by atoms with Crippen LogP contribution in [0.1, 0.15) is 31.8 Å². The molecule has 1 N–H and O–H groups in total. The molecule has 0 unspecified atom stereocenters. The summed E-state index contributed by atoms with van der Waals surface area (Å²) in [5, 5.41) is 2.93. The van der Waals surface area contributed by atoms with Gasteiger partial charge in [-0.2, -0.15) is 0 Å². The molecule has 3 aromatic carbocycles. The Kier molecular flexibility index (Phi) is 6.81. The Bertz CT molecular complexity index is 1440. The molecule has 0 aliphatic carbocycles. The number of methoxy groups -OCH3 is 2. The highest BCUT2D eigenvalue weighted by atomic mass is 16.5. The number of rotatable bonds is 8. The van der Waals surface area contributed by atoms with E-state index in [1.165, 1.54) is 14.2 Å². The lowest BCUT2D eigenvalue weighted by Gasteiger charge is -2.13. The van der Waals surface area contributed by atoms with Crippen molar-refractivity contribution in [3.05, 3.63) is 101 Å². The van der Waals surface area contributed by atoms with Crippen LogP contribution in [0.4, 0.5) is 0 Å². The molecule has 1 amide bonds. The fourth-order valence-electron chi connectivity index (χ4n) is 4.30. The summed E-state index contributed by atoms with van der Waals surface area (Å²) in [6.45, 7) is 0.338. The smallest absolute Gasteiger partial charge is 0.251 e. The van der Waals surface area contributed by atoms with E-state index >= 15 is 0 Å². The second kappa shape index (κ2) is 10.5. The van der Waals surface area contributed by atoms with E-state index in [9.17, 15) is 9.59 Å². The molecule has 1 aliphatic heterocycles. The van der Waals surface area contributed by atoms with Gasteiger partial charge in [-0.25, -0.2) is 9.97 Å². The van der Waals surface area contributed by atoms with Crippen LogP contribution in [-0.2, 0) is 6.42 Å². The molecule has 0 bridgehead atoms. The molecule has 1 aliphatic rings. The Morgan fingerprint density at radius 3 is 2.43 bits per heavy atom. The largest absolute Gasteiger partial charge is 0.497 e. The summed E-state index contributed by atoms with van der Waals surface area (Å²) in [4.78, 5) is 34.5. The number of amides is 1. The van der Waals surface area contributed by atoms with Crippen LogP contribution in [-0.4, -0.2) is 48.5 Å². The first-order valence-electron chi connectivity index (χ1n) is 11.8. The number of carbonyl (C=O) groups is 2. The van der Waals surface area contributed by atoms with E-state index in [2.05, 4.69) is 15.3 Å². The molecule has 0 saturated heterocycles. The summed E-state index contributed by atoms with van der Waals surface area (Å²) >= 11 is 0. The van der Waals surface area contributed by atoms with Gasteiger partial charge in [-0.15, -0.1) is 0 Å². The summed E-state index contributed by atoms with van der Waals surface area (Å²) < 4.78 is 16.7. The van der Waals surface area contributed by atoms with Crippen LogP contribution >= 0.6 is 0 Å². The minimum Gasteiger partial charge on any atom is -0.497 e. The van der Waals surface area contributed by atoms with E-state index < -0.39 is 0 Å². The van der Waals surface area contributed by atoms with Crippen LogP contribution in [0.15, 0.2) is 79.1 Å². The van der Waals surface area contributed by atoms with Crippen molar-refractivity contribution in [3.63, 3.8) is 0 Å². The predicted molar refractivity (Wildman–Crippen MR) is 137 cm³/mol. The Hall–Kier alpha value is -4.72. The number of fused-ring (bicyclic) bond motifs is 1. The second-order valence-corrected chi connectivity index (χ2v) is 8.49. The molecular formula is C29H25N3O5. The molecule has 0 radical (unpaired) electrons. The van der Waals surface area contributed by atoms with Crippen molar-refractivity contribution in [2.24, 2.45) is 0 Å². The van der Waals surface area contributed by atoms with Crippen molar-refractivity contribution in [3.8, 4) is 28.6 Å². The maximum absolute atomic E-state index is 13.1. The van der Waals surface area contributed by atoms with Crippen LogP contribution in [0.2, 0.25) is 0 Å². The number of ketones is 1. The van der Waals surface area contributed by atoms with Gasteiger partial charge in [0.1, 0.15) is 23.4 Å². The topological polar surface area (TPSA) is 99.6 Å². The first kappa shape index (κ1) is 24.0. The number of aromatic nitrogens is 2. The van der Waals surface area contributed by atoms with Gasteiger partial charge >= 0.3 is 0 Å². The van der Waals surface area contributed by atoms with Crippen molar-refractivity contribution in [2.75, 3.05) is 20.8 Å². The summed E-state index contributed by atoms with van der Waals surface area (Å²) in [6, 6.07) is 19.2. The molecule has 1 atom stereocenters. The van der Waals surface area contributed by atoms with Crippen molar-refractivity contribution >= 4 is 11.7 Å². The molecule has 5 rings (SSSR count). The number of ether oxygens (including phenoxy) is 3. The fraction of sp³-hybridized carbons (Fsp3) is 0.172. The molecule has 1 aromatic heterocycles. The monoisotopic (exact) mass is 495 g/mol. The van der Waals surface area contributed by atoms with E-state index in [1.807, 2.05) is 18.2 Å². The highest BCUT2D eigenvalue weighted by Gasteiger charge is 2.27. The maximum Gasteiger partial charge on any atom is 0.251 e. The zero-order valence-corrected chi connectivity index (χ0v) is 20.4. The Balaban J connectivity index is 1.23. The molecule has 8 heteroatoms. The van der Waals surface area contributed by atoms with E-state index in [0.717, 1.165) is 16.9 Å². The van der Waals surface area contributed by atoms with E-state index in [-0.39, 0.29) is 17.8 Å². The van der Waals surface area contributed by atoms with Crippen molar-refractivity contribution in [1.82, 2.24) is 15.3 Å². The van der Waals surface area contributed by atoms with Gasteiger partial charge in [-0.1, -0.05) is 24.3 Å². The van der Waals surface area contributed by atoms with Gasteiger partial charge in [0, 0.05) is 29.9 Å². The maximum atomic E-state index is 13.1. The van der Waals surface area contributed by atoms with Crippen molar-refractivity contribution < 1.29 is 23.8 Å². The lowest BCUT2D eigenvalue weighted by Crippen LogP contribution is -2.34. The van der Waals surface area contributed by atoms with Crippen LogP contribution in [0.3, 0.4) is 0 Å². The first-order valence-corrected chi connectivity index (χ1v) is 11.8. The van der Waals surface area contributed by atoms with Gasteiger partial charge in [0.25, 0.3) is 5.91 Å². The van der Waals surface area contributed by atoms with Gasteiger partial charge in [0.2, 0.25) is 0 Å². The van der Waals surface area contributed by atoms with Gasteiger partial charge in [-0.3, -0.25) is 9.59 Å². The van der Waals surface area contributed by atoms with E-state index in [1.54, 1.807) is 60.9 Å².